The highest BCUT2D eigenvalue weighted by Crippen LogP contribution is 2.30. The number of aromatic amines is 1. The van der Waals surface area contributed by atoms with Crippen molar-refractivity contribution in [3.8, 4) is 5.75 Å². The van der Waals surface area contributed by atoms with Crippen molar-refractivity contribution in [2.24, 2.45) is 0 Å². The molecule has 28 heavy (non-hydrogen) atoms. The molecule has 6 nitrogen and oxygen atoms in total. The van der Waals surface area contributed by atoms with Crippen LogP contribution in [0.2, 0.25) is 0 Å². The Bertz CT molecular complexity index is 1010. The average Bonchev–Trinajstić information content (AvgIpc) is 3.03. The minimum absolute atomic E-state index is 0.00933. The van der Waals surface area contributed by atoms with Crippen LogP contribution in [0.3, 0.4) is 0 Å². The normalized spacial score (nSPS) is 12.1. The molecule has 0 aliphatic rings. The summed E-state index contributed by atoms with van der Waals surface area (Å²) < 4.78 is 10.8. The lowest BCUT2D eigenvalue weighted by molar-refractivity contribution is 0.0531. The minimum Gasteiger partial charge on any atom is -0.493 e. The molecule has 2 heterocycles. The number of aryl methyl sites for hydroxylation is 1. The molecule has 1 atom stereocenters. The molecule has 0 radical (unpaired) electrons. The summed E-state index contributed by atoms with van der Waals surface area (Å²) in [6.07, 6.45) is 0. The molecule has 1 N–H and O–H groups in total. The number of rotatable bonds is 8. The monoisotopic (exact) mass is 418 g/mol. The van der Waals surface area contributed by atoms with Gasteiger partial charge in [0.1, 0.15) is 21.3 Å². The van der Waals surface area contributed by atoms with E-state index >= 15 is 0 Å². The van der Waals surface area contributed by atoms with Crippen LogP contribution in [0.1, 0.15) is 40.2 Å². The SMILES string of the molecule is CCOC(=O)c1sc2nc([C@H](C)SCCOc3ccccc3)[nH]c(=O)c2c1C. The number of para-hydroxylation sites is 1. The van der Waals surface area contributed by atoms with Gasteiger partial charge in [-0.25, -0.2) is 9.78 Å². The van der Waals surface area contributed by atoms with E-state index < -0.39 is 5.97 Å². The zero-order valence-electron chi connectivity index (χ0n) is 16.0. The first-order valence-corrected chi connectivity index (χ1v) is 10.9. The van der Waals surface area contributed by atoms with Crippen molar-refractivity contribution in [2.45, 2.75) is 26.0 Å². The van der Waals surface area contributed by atoms with Gasteiger partial charge in [0.2, 0.25) is 0 Å². The maximum absolute atomic E-state index is 12.6. The van der Waals surface area contributed by atoms with Gasteiger partial charge in [-0.15, -0.1) is 23.1 Å². The second-order valence-corrected chi connectivity index (χ2v) is 8.53. The second kappa shape index (κ2) is 9.25. The number of hydrogen-bond acceptors (Lipinski definition) is 7. The molecule has 0 saturated carbocycles. The predicted molar refractivity (Wildman–Crippen MR) is 114 cm³/mol. The summed E-state index contributed by atoms with van der Waals surface area (Å²) in [6, 6.07) is 9.65. The van der Waals surface area contributed by atoms with E-state index in [0.29, 0.717) is 39.7 Å². The van der Waals surface area contributed by atoms with Crippen LogP contribution in [0.15, 0.2) is 35.1 Å². The zero-order valence-corrected chi connectivity index (χ0v) is 17.6. The fourth-order valence-electron chi connectivity index (χ4n) is 2.72. The lowest BCUT2D eigenvalue weighted by Crippen LogP contribution is -2.13. The van der Waals surface area contributed by atoms with E-state index in [1.807, 2.05) is 37.3 Å². The van der Waals surface area contributed by atoms with Crippen LogP contribution < -0.4 is 10.3 Å². The Morgan fingerprint density at radius 2 is 2.07 bits per heavy atom. The third-order valence-electron chi connectivity index (χ3n) is 4.13. The van der Waals surface area contributed by atoms with Crippen LogP contribution in [-0.2, 0) is 4.74 Å². The first-order chi connectivity index (χ1) is 13.5. The van der Waals surface area contributed by atoms with E-state index in [2.05, 4.69) is 9.97 Å². The average molecular weight is 419 g/mol. The van der Waals surface area contributed by atoms with Crippen molar-refractivity contribution in [1.82, 2.24) is 9.97 Å². The van der Waals surface area contributed by atoms with Crippen molar-refractivity contribution >= 4 is 39.3 Å². The van der Waals surface area contributed by atoms with Crippen LogP contribution in [0.25, 0.3) is 10.2 Å². The Hall–Kier alpha value is -2.32. The summed E-state index contributed by atoms with van der Waals surface area (Å²) >= 11 is 2.85. The highest BCUT2D eigenvalue weighted by molar-refractivity contribution is 7.99. The quantitative estimate of drug-likeness (QED) is 0.433. The second-order valence-electron chi connectivity index (χ2n) is 6.08. The Balaban J connectivity index is 1.70. The van der Waals surface area contributed by atoms with Gasteiger partial charge < -0.3 is 14.5 Å². The molecule has 148 valence electrons. The highest BCUT2D eigenvalue weighted by Gasteiger charge is 2.21. The van der Waals surface area contributed by atoms with Gasteiger partial charge in [-0.1, -0.05) is 18.2 Å². The van der Waals surface area contributed by atoms with Crippen LogP contribution in [0.4, 0.5) is 0 Å². The summed E-state index contributed by atoms with van der Waals surface area (Å²) in [5, 5.41) is 0.450. The molecule has 8 heteroatoms. The summed E-state index contributed by atoms with van der Waals surface area (Å²) in [5.41, 5.74) is 0.396. The molecule has 0 aliphatic carbocycles. The largest absolute Gasteiger partial charge is 0.493 e. The molecule has 2 aromatic heterocycles. The molecule has 0 aliphatic heterocycles. The predicted octanol–water partition coefficient (Wildman–Crippen LogP) is 4.34. The number of H-pyrrole nitrogens is 1. The summed E-state index contributed by atoms with van der Waals surface area (Å²) in [4.78, 5) is 33.1. The number of carbonyl (C=O) groups is 1. The number of fused-ring (bicyclic) bond motifs is 1. The van der Waals surface area contributed by atoms with E-state index in [-0.39, 0.29) is 10.8 Å². The molecule has 0 unspecified atom stereocenters. The van der Waals surface area contributed by atoms with E-state index in [0.717, 1.165) is 11.5 Å². The summed E-state index contributed by atoms with van der Waals surface area (Å²) in [6.45, 7) is 6.35. The lowest BCUT2D eigenvalue weighted by atomic mass is 10.2. The molecule has 0 fully saturated rings. The van der Waals surface area contributed by atoms with Crippen LogP contribution in [-0.4, -0.2) is 34.9 Å². The van der Waals surface area contributed by atoms with Crippen molar-refractivity contribution in [3.05, 3.63) is 57.0 Å². The van der Waals surface area contributed by atoms with Gasteiger partial charge in [-0.2, -0.15) is 0 Å². The van der Waals surface area contributed by atoms with Gasteiger partial charge in [0.25, 0.3) is 5.56 Å². The Kier molecular flexibility index (Phi) is 6.74. The van der Waals surface area contributed by atoms with E-state index in [1.54, 1.807) is 25.6 Å². The number of carbonyl (C=O) groups excluding carboxylic acids is 1. The smallest absolute Gasteiger partial charge is 0.348 e. The van der Waals surface area contributed by atoms with Gasteiger partial charge in [0, 0.05) is 5.75 Å². The van der Waals surface area contributed by atoms with Gasteiger partial charge in [-0.05, 0) is 38.5 Å². The van der Waals surface area contributed by atoms with E-state index in [4.69, 9.17) is 9.47 Å². The molecule has 3 rings (SSSR count). The van der Waals surface area contributed by atoms with Crippen LogP contribution in [0.5, 0.6) is 5.75 Å². The van der Waals surface area contributed by atoms with Crippen LogP contribution in [0, 0.1) is 6.92 Å². The highest BCUT2D eigenvalue weighted by atomic mass is 32.2. The van der Waals surface area contributed by atoms with Crippen molar-refractivity contribution in [3.63, 3.8) is 0 Å². The number of nitrogens with zero attached hydrogens (tertiary/aromatic N) is 1. The van der Waals surface area contributed by atoms with E-state index in [9.17, 15) is 9.59 Å². The van der Waals surface area contributed by atoms with Gasteiger partial charge in [-0.3, -0.25) is 4.79 Å². The number of nitrogens with one attached hydrogen (secondary N) is 1. The van der Waals surface area contributed by atoms with Gasteiger partial charge in [0.15, 0.2) is 0 Å². The van der Waals surface area contributed by atoms with Gasteiger partial charge in [0.05, 0.1) is 23.8 Å². The first kappa shape index (κ1) is 20.4. The Morgan fingerprint density at radius 1 is 1.32 bits per heavy atom. The molecule has 1 aromatic carbocycles. The Labute approximate surface area is 171 Å². The fraction of sp³-hybridized carbons (Fsp3) is 0.350. The maximum Gasteiger partial charge on any atom is 0.348 e. The third kappa shape index (κ3) is 4.56. The molecule has 3 aromatic rings. The number of thiophene rings is 1. The van der Waals surface area contributed by atoms with Gasteiger partial charge >= 0.3 is 5.97 Å². The molecule has 0 saturated heterocycles. The molecular weight excluding hydrogens is 396 g/mol. The molecule has 0 bridgehead atoms. The summed E-state index contributed by atoms with van der Waals surface area (Å²) in [7, 11) is 0. The van der Waals surface area contributed by atoms with Crippen molar-refractivity contribution in [1.29, 1.82) is 0 Å². The number of ether oxygens (including phenoxy) is 2. The van der Waals surface area contributed by atoms with E-state index in [1.165, 1.54) is 11.3 Å². The number of aromatic nitrogens is 2. The molecule has 0 spiro atoms. The topological polar surface area (TPSA) is 81.3 Å². The number of thioether (sulfide) groups is 1. The molecular formula is C20H22N2O4S2. The molecule has 0 amide bonds. The number of benzene rings is 1. The fourth-order valence-corrected chi connectivity index (χ4v) is 4.61. The standard InChI is InChI=1S/C20H22N2O4S2/c1-4-25-20(24)16-12(2)15-18(23)21-17(22-19(15)28-16)13(3)27-11-10-26-14-8-6-5-7-9-14/h5-9,13H,4,10-11H2,1-3H3,(H,21,22,23)/t13-/m0/s1. The first-order valence-electron chi connectivity index (χ1n) is 9.01. The van der Waals surface area contributed by atoms with Crippen molar-refractivity contribution in [2.75, 3.05) is 19.0 Å². The third-order valence-corrected chi connectivity index (χ3v) is 6.42. The zero-order chi connectivity index (χ0) is 20.1. The lowest BCUT2D eigenvalue weighted by Gasteiger charge is -2.11. The van der Waals surface area contributed by atoms with Crippen LogP contribution >= 0.6 is 23.1 Å². The number of hydrogen-bond donors (Lipinski definition) is 1. The maximum atomic E-state index is 12.6. The van der Waals surface area contributed by atoms with Crippen molar-refractivity contribution < 1.29 is 14.3 Å². The number of esters is 1. The Morgan fingerprint density at radius 3 is 2.79 bits per heavy atom. The minimum atomic E-state index is -0.413. The summed E-state index contributed by atoms with van der Waals surface area (Å²) in [5.74, 6) is 1.78.